The Labute approximate surface area is 129 Å². The average Bonchev–Trinajstić information content (AvgIpc) is 2.43. The lowest BCUT2D eigenvalue weighted by Crippen LogP contribution is -2.30. The van der Waals surface area contributed by atoms with Gasteiger partial charge in [-0.1, -0.05) is 61.9 Å². The molecule has 0 fully saturated rings. The van der Waals surface area contributed by atoms with E-state index in [2.05, 4.69) is 88.2 Å². The summed E-state index contributed by atoms with van der Waals surface area (Å²) in [5, 5.41) is 0. The molecule has 0 radical (unpaired) electrons. The SMILES string of the molecule is CC(C)=C/C=C1/N(C)C/C=C\c2ccccc2CC1(C)C. The highest BCUT2D eigenvalue weighted by molar-refractivity contribution is 5.55. The van der Waals surface area contributed by atoms with Crippen LogP contribution >= 0.6 is 0 Å². The smallest absolute Gasteiger partial charge is 0.0356 e. The van der Waals surface area contributed by atoms with E-state index in [1.165, 1.54) is 22.4 Å². The standard InChI is InChI=1S/C20H27N/c1-16(2)12-13-19-20(3,4)15-18-10-7-6-9-17(18)11-8-14-21(19)5/h6-13H,14-15H2,1-5H3/b11-8-,19-13+. The first kappa shape index (κ1) is 15.6. The fourth-order valence-corrected chi connectivity index (χ4v) is 2.98. The molecule has 2 rings (SSSR count). The second kappa shape index (κ2) is 6.34. The summed E-state index contributed by atoms with van der Waals surface area (Å²) in [6.07, 6.45) is 10.1. The number of nitrogens with zero attached hydrogens (tertiary/aromatic N) is 1. The van der Waals surface area contributed by atoms with E-state index in [0.29, 0.717) is 0 Å². The second-order valence-electron chi connectivity index (χ2n) is 6.84. The molecular formula is C20H27N. The maximum Gasteiger partial charge on any atom is 0.0356 e. The van der Waals surface area contributed by atoms with E-state index < -0.39 is 0 Å². The Balaban J connectivity index is 2.48. The van der Waals surface area contributed by atoms with Gasteiger partial charge in [0.15, 0.2) is 0 Å². The number of fused-ring (bicyclic) bond motifs is 1. The quantitative estimate of drug-likeness (QED) is 0.695. The van der Waals surface area contributed by atoms with Gasteiger partial charge in [0.05, 0.1) is 0 Å². The van der Waals surface area contributed by atoms with Crippen molar-refractivity contribution in [2.45, 2.75) is 34.1 Å². The molecule has 0 spiro atoms. The summed E-state index contributed by atoms with van der Waals surface area (Å²) in [6, 6.07) is 8.74. The van der Waals surface area contributed by atoms with Gasteiger partial charge in [-0.15, -0.1) is 0 Å². The van der Waals surface area contributed by atoms with Crippen molar-refractivity contribution in [3.05, 3.63) is 64.9 Å². The van der Waals surface area contributed by atoms with Crippen LogP contribution in [0.4, 0.5) is 0 Å². The van der Waals surface area contributed by atoms with E-state index in [1.807, 2.05) is 0 Å². The lowest BCUT2D eigenvalue weighted by Gasteiger charge is -2.34. The molecule has 21 heavy (non-hydrogen) atoms. The summed E-state index contributed by atoms with van der Waals surface area (Å²) >= 11 is 0. The number of hydrogen-bond donors (Lipinski definition) is 0. The van der Waals surface area contributed by atoms with Crippen molar-refractivity contribution in [3.63, 3.8) is 0 Å². The largest absolute Gasteiger partial charge is 0.374 e. The van der Waals surface area contributed by atoms with Crippen molar-refractivity contribution >= 4 is 6.08 Å². The van der Waals surface area contributed by atoms with Gasteiger partial charge in [0.2, 0.25) is 0 Å². The molecule has 1 aromatic carbocycles. The zero-order valence-corrected chi connectivity index (χ0v) is 14.0. The van der Waals surface area contributed by atoms with Crippen LogP contribution in [0.5, 0.6) is 0 Å². The molecule has 0 saturated carbocycles. The molecule has 0 N–H and O–H groups in total. The first-order valence-electron chi connectivity index (χ1n) is 7.71. The third-order valence-electron chi connectivity index (χ3n) is 4.04. The highest BCUT2D eigenvalue weighted by atomic mass is 15.1. The summed E-state index contributed by atoms with van der Waals surface area (Å²) < 4.78 is 0. The highest BCUT2D eigenvalue weighted by Crippen LogP contribution is 2.34. The van der Waals surface area contributed by atoms with Gasteiger partial charge in [0, 0.05) is 24.7 Å². The highest BCUT2D eigenvalue weighted by Gasteiger charge is 2.27. The van der Waals surface area contributed by atoms with E-state index >= 15 is 0 Å². The van der Waals surface area contributed by atoms with E-state index in [0.717, 1.165) is 13.0 Å². The molecule has 0 aromatic heterocycles. The summed E-state index contributed by atoms with van der Waals surface area (Å²) in [6.45, 7) is 9.93. The molecule has 1 aliphatic rings. The van der Waals surface area contributed by atoms with E-state index in [4.69, 9.17) is 0 Å². The normalized spacial score (nSPS) is 21.0. The molecule has 0 aliphatic carbocycles. The minimum atomic E-state index is 0.114. The maximum atomic E-state index is 2.36. The Morgan fingerprint density at radius 1 is 1.19 bits per heavy atom. The van der Waals surface area contributed by atoms with Gasteiger partial charge in [-0.2, -0.15) is 0 Å². The maximum absolute atomic E-state index is 2.36. The molecule has 1 aromatic rings. The van der Waals surface area contributed by atoms with Crippen molar-refractivity contribution in [1.82, 2.24) is 4.90 Å². The second-order valence-corrected chi connectivity index (χ2v) is 6.84. The topological polar surface area (TPSA) is 3.24 Å². The first-order chi connectivity index (χ1) is 9.90. The number of rotatable bonds is 1. The van der Waals surface area contributed by atoms with Crippen molar-refractivity contribution in [1.29, 1.82) is 0 Å². The Bertz CT molecular complexity index is 584. The predicted octanol–water partition coefficient (Wildman–Crippen LogP) is 5.06. The van der Waals surface area contributed by atoms with Crippen LogP contribution in [-0.2, 0) is 6.42 Å². The van der Waals surface area contributed by atoms with Gasteiger partial charge in [-0.3, -0.25) is 0 Å². The molecule has 0 atom stereocenters. The first-order valence-corrected chi connectivity index (χ1v) is 7.71. The molecule has 0 amide bonds. The third-order valence-corrected chi connectivity index (χ3v) is 4.04. The lowest BCUT2D eigenvalue weighted by molar-refractivity contribution is 0.308. The van der Waals surface area contributed by atoms with Gasteiger partial charge in [0.1, 0.15) is 0 Å². The molecule has 1 heteroatoms. The molecule has 1 nitrogen and oxygen atoms in total. The molecule has 1 aliphatic heterocycles. The molecule has 1 heterocycles. The van der Waals surface area contributed by atoms with Crippen LogP contribution in [0.3, 0.4) is 0 Å². The average molecular weight is 281 g/mol. The monoisotopic (exact) mass is 281 g/mol. The Morgan fingerprint density at radius 3 is 2.62 bits per heavy atom. The Morgan fingerprint density at radius 2 is 1.90 bits per heavy atom. The zero-order valence-electron chi connectivity index (χ0n) is 14.0. The van der Waals surface area contributed by atoms with Crippen LogP contribution in [0.15, 0.2) is 53.8 Å². The minimum Gasteiger partial charge on any atom is -0.374 e. The van der Waals surface area contributed by atoms with Crippen molar-refractivity contribution in [2.75, 3.05) is 13.6 Å². The molecule has 112 valence electrons. The van der Waals surface area contributed by atoms with Gasteiger partial charge < -0.3 is 4.90 Å². The number of allylic oxidation sites excluding steroid dienone is 4. The zero-order chi connectivity index (χ0) is 15.5. The molecule has 0 unspecified atom stereocenters. The van der Waals surface area contributed by atoms with E-state index in [-0.39, 0.29) is 5.41 Å². The van der Waals surface area contributed by atoms with Crippen LogP contribution in [0, 0.1) is 5.41 Å². The van der Waals surface area contributed by atoms with Gasteiger partial charge in [0.25, 0.3) is 0 Å². The van der Waals surface area contributed by atoms with Crippen molar-refractivity contribution in [2.24, 2.45) is 5.41 Å². The Kier molecular flexibility index (Phi) is 4.72. The lowest BCUT2D eigenvalue weighted by atomic mass is 9.80. The van der Waals surface area contributed by atoms with Gasteiger partial charge in [-0.25, -0.2) is 0 Å². The number of likely N-dealkylation sites (N-methyl/N-ethyl adjacent to an activating group) is 1. The van der Waals surface area contributed by atoms with Crippen molar-refractivity contribution in [3.8, 4) is 0 Å². The van der Waals surface area contributed by atoms with Crippen LogP contribution in [0.2, 0.25) is 0 Å². The van der Waals surface area contributed by atoms with Crippen LogP contribution in [0.25, 0.3) is 6.08 Å². The fourth-order valence-electron chi connectivity index (χ4n) is 2.98. The van der Waals surface area contributed by atoms with Crippen LogP contribution in [-0.4, -0.2) is 18.5 Å². The van der Waals surface area contributed by atoms with Gasteiger partial charge >= 0.3 is 0 Å². The van der Waals surface area contributed by atoms with Crippen LogP contribution < -0.4 is 0 Å². The summed E-state index contributed by atoms with van der Waals surface area (Å²) in [5.74, 6) is 0. The van der Waals surface area contributed by atoms with E-state index in [1.54, 1.807) is 0 Å². The van der Waals surface area contributed by atoms with E-state index in [9.17, 15) is 0 Å². The molecule has 0 saturated heterocycles. The minimum absolute atomic E-state index is 0.114. The summed E-state index contributed by atoms with van der Waals surface area (Å²) in [7, 11) is 2.19. The van der Waals surface area contributed by atoms with Gasteiger partial charge in [-0.05, 0) is 37.5 Å². The summed E-state index contributed by atoms with van der Waals surface area (Å²) in [4.78, 5) is 2.36. The number of benzene rings is 1. The van der Waals surface area contributed by atoms with Crippen molar-refractivity contribution < 1.29 is 0 Å². The Hall–Kier alpha value is -1.76. The summed E-state index contributed by atoms with van der Waals surface area (Å²) in [5.41, 5.74) is 5.62. The predicted molar refractivity (Wildman–Crippen MR) is 93.1 cm³/mol. The molecular weight excluding hydrogens is 254 g/mol. The molecule has 0 bridgehead atoms. The third kappa shape index (κ3) is 3.87. The fraction of sp³-hybridized carbons (Fsp3) is 0.400. The van der Waals surface area contributed by atoms with Crippen LogP contribution in [0.1, 0.15) is 38.8 Å². The number of hydrogen-bond acceptors (Lipinski definition) is 1.